The summed E-state index contributed by atoms with van der Waals surface area (Å²) in [5.41, 5.74) is 19.0. The third-order valence-corrected chi connectivity index (χ3v) is 14.7. The van der Waals surface area contributed by atoms with Crippen LogP contribution < -0.4 is 0 Å². The van der Waals surface area contributed by atoms with Gasteiger partial charge in [0, 0.05) is 16.7 Å². The first-order valence-corrected chi connectivity index (χ1v) is 25.0. The molecule has 0 saturated heterocycles. The summed E-state index contributed by atoms with van der Waals surface area (Å²) in [6, 6.07) is 92.2. The van der Waals surface area contributed by atoms with Crippen molar-refractivity contribution in [1.82, 2.24) is 15.0 Å². The normalized spacial score (nSPS) is 11.5. The zero-order chi connectivity index (χ0) is 49.1. The van der Waals surface area contributed by atoms with Crippen LogP contribution in [0.25, 0.3) is 144 Å². The fourth-order valence-electron chi connectivity index (χ4n) is 11.2. The number of benzene rings is 12. The van der Waals surface area contributed by atoms with Crippen molar-refractivity contribution in [2.24, 2.45) is 0 Å². The molecule has 0 spiro atoms. The minimum absolute atomic E-state index is 0.582. The Bertz CT molecular complexity index is 4420. The van der Waals surface area contributed by atoms with Crippen LogP contribution >= 0.6 is 0 Å². The molecule has 1 aliphatic carbocycles. The first-order valence-electron chi connectivity index (χ1n) is 25.0. The van der Waals surface area contributed by atoms with Gasteiger partial charge >= 0.3 is 0 Å². The molecule has 0 aliphatic heterocycles. The molecule has 0 radical (unpaired) electrons. The Labute approximate surface area is 428 Å². The summed E-state index contributed by atoms with van der Waals surface area (Å²) in [5, 5.41) is 18.1. The molecule has 0 unspecified atom stereocenters. The lowest BCUT2D eigenvalue weighted by atomic mass is 9.91. The summed E-state index contributed by atoms with van der Waals surface area (Å²) in [4.78, 5) is 15.4. The molecule has 1 aliphatic rings. The van der Waals surface area contributed by atoms with Gasteiger partial charge in [-0.1, -0.05) is 218 Å². The quantitative estimate of drug-likeness (QED) is 0.142. The Kier molecular flexibility index (Phi) is 10.2. The Morgan fingerprint density at radius 2 is 0.662 bits per heavy atom. The first kappa shape index (κ1) is 42.8. The number of aromatic nitrogens is 3. The highest BCUT2D eigenvalue weighted by Gasteiger charge is 2.23. The second-order valence-electron chi connectivity index (χ2n) is 19.0. The van der Waals surface area contributed by atoms with E-state index in [0.717, 1.165) is 66.8 Å². The van der Waals surface area contributed by atoms with E-state index in [2.05, 4.69) is 224 Å². The fourth-order valence-corrected chi connectivity index (χ4v) is 11.2. The standard InChI is InChI=1S/C70H42N4/c71-43-55-40-48(46-19-11-22-50(38-46)58-35-36-65-61-29-8-7-28-60(61)64-32-14-31-63(58)67(64)65)33-34-56(55)49-21-10-18-45(37-49)47-20-12-24-53(39-47)69-72-68(44-15-2-1-3-16-44)73-70(74-69)54-25-13-23-51(41-54)66-42-52-17-4-5-26-57(52)59-27-6-9-30-62(59)66/h1-42H. The molecule has 1 aromatic heterocycles. The summed E-state index contributed by atoms with van der Waals surface area (Å²) >= 11 is 0. The average Bonchev–Trinajstić information content (AvgIpc) is 3.84. The number of hydrogen-bond donors (Lipinski definition) is 0. The zero-order valence-corrected chi connectivity index (χ0v) is 40.0. The molecule has 74 heavy (non-hydrogen) atoms. The Morgan fingerprint density at radius 3 is 1.34 bits per heavy atom. The molecular weight excluding hydrogens is 897 g/mol. The van der Waals surface area contributed by atoms with Gasteiger partial charge in [0.25, 0.3) is 0 Å². The number of nitriles is 1. The van der Waals surface area contributed by atoms with Crippen LogP contribution in [0.2, 0.25) is 0 Å². The van der Waals surface area contributed by atoms with E-state index >= 15 is 0 Å². The van der Waals surface area contributed by atoms with E-state index in [0.29, 0.717) is 23.0 Å². The largest absolute Gasteiger partial charge is 0.208 e. The zero-order valence-electron chi connectivity index (χ0n) is 40.0. The topological polar surface area (TPSA) is 62.5 Å². The van der Waals surface area contributed by atoms with Crippen LogP contribution in [0.1, 0.15) is 5.56 Å². The molecule has 12 aromatic carbocycles. The predicted octanol–water partition coefficient (Wildman–Crippen LogP) is 18.2. The molecule has 0 saturated carbocycles. The van der Waals surface area contributed by atoms with Crippen molar-refractivity contribution in [3.8, 4) is 118 Å². The monoisotopic (exact) mass is 938 g/mol. The summed E-state index contributed by atoms with van der Waals surface area (Å²) in [6.07, 6.45) is 0. The summed E-state index contributed by atoms with van der Waals surface area (Å²) in [6.45, 7) is 0. The lowest BCUT2D eigenvalue weighted by molar-refractivity contribution is 1.07. The van der Waals surface area contributed by atoms with Gasteiger partial charge in [0.05, 0.1) is 11.6 Å². The third kappa shape index (κ3) is 7.34. The molecule has 14 rings (SSSR count). The van der Waals surface area contributed by atoms with Gasteiger partial charge in [0.15, 0.2) is 17.5 Å². The van der Waals surface area contributed by atoms with E-state index in [-0.39, 0.29) is 0 Å². The van der Waals surface area contributed by atoms with Crippen molar-refractivity contribution in [1.29, 1.82) is 5.26 Å². The smallest absolute Gasteiger partial charge is 0.164 e. The van der Waals surface area contributed by atoms with E-state index in [1.165, 1.54) is 60.1 Å². The molecule has 0 amide bonds. The van der Waals surface area contributed by atoms with Crippen LogP contribution in [0.15, 0.2) is 255 Å². The van der Waals surface area contributed by atoms with Gasteiger partial charge in [0.1, 0.15) is 0 Å². The van der Waals surface area contributed by atoms with Crippen LogP contribution in [0, 0.1) is 11.3 Å². The van der Waals surface area contributed by atoms with Crippen LogP contribution in [0.3, 0.4) is 0 Å². The molecule has 342 valence electrons. The fraction of sp³-hybridized carbons (Fsp3) is 0. The van der Waals surface area contributed by atoms with Crippen LogP contribution in [0.5, 0.6) is 0 Å². The van der Waals surface area contributed by atoms with Gasteiger partial charge in [-0.2, -0.15) is 5.26 Å². The first-order chi connectivity index (χ1) is 36.6. The van der Waals surface area contributed by atoms with Gasteiger partial charge in [0.2, 0.25) is 0 Å². The van der Waals surface area contributed by atoms with Crippen LogP contribution in [0.4, 0.5) is 0 Å². The lowest BCUT2D eigenvalue weighted by Crippen LogP contribution is -2.00. The van der Waals surface area contributed by atoms with Crippen LogP contribution in [-0.2, 0) is 0 Å². The van der Waals surface area contributed by atoms with Crippen molar-refractivity contribution in [3.63, 3.8) is 0 Å². The summed E-state index contributed by atoms with van der Waals surface area (Å²) in [7, 11) is 0. The molecule has 1 heterocycles. The van der Waals surface area contributed by atoms with Crippen molar-refractivity contribution < 1.29 is 0 Å². The molecule has 4 nitrogen and oxygen atoms in total. The van der Waals surface area contributed by atoms with E-state index < -0.39 is 0 Å². The minimum Gasteiger partial charge on any atom is -0.208 e. The molecule has 0 atom stereocenters. The van der Waals surface area contributed by atoms with Gasteiger partial charge in [-0.15, -0.1) is 0 Å². The van der Waals surface area contributed by atoms with Crippen molar-refractivity contribution in [3.05, 3.63) is 260 Å². The number of hydrogen-bond acceptors (Lipinski definition) is 4. The highest BCUT2D eigenvalue weighted by atomic mass is 15.0. The van der Waals surface area contributed by atoms with Crippen molar-refractivity contribution in [2.75, 3.05) is 0 Å². The van der Waals surface area contributed by atoms with E-state index in [1.54, 1.807) is 0 Å². The van der Waals surface area contributed by atoms with Gasteiger partial charge < -0.3 is 0 Å². The number of nitrogens with zero attached hydrogens (tertiary/aromatic N) is 4. The SMILES string of the molecule is N#Cc1cc(-c2cccc(-c3ccc4c5c(cccc35)-c3ccccc3-4)c2)ccc1-c1cccc(-c2cccc(-c3nc(-c4ccccc4)nc(-c4cccc(-c5cc6ccccc6c6ccccc56)c4)n3)c2)c1. The van der Waals surface area contributed by atoms with Gasteiger partial charge in [-0.25, -0.2) is 15.0 Å². The third-order valence-electron chi connectivity index (χ3n) is 14.7. The maximum Gasteiger partial charge on any atom is 0.164 e. The Balaban J connectivity index is 0.796. The van der Waals surface area contributed by atoms with Crippen molar-refractivity contribution in [2.45, 2.75) is 0 Å². The maximum absolute atomic E-state index is 10.7. The van der Waals surface area contributed by atoms with Gasteiger partial charge in [-0.3, -0.25) is 0 Å². The molecule has 13 aromatic rings. The van der Waals surface area contributed by atoms with Gasteiger partial charge in [-0.05, 0) is 147 Å². The molecule has 0 N–H and O–H groups in total. The summed E-state index contributed by atoms with van der Waals surface area (Å²) < 4.78 is 0. The Hall–Kier alpha value is -10.1. The van der Waals surface area contributed by atoms with Crippen LogP contribution in [-0.4, -0.2) is 15.0 Å². The van der Waals surface area contributed by atoms with E-state index in [9.17, 15) is 5.26 Å². The molecule has 4 heteroatoms. The van der Waals surface area contributed by atoms with E-state index in [1.807, 2.05) is 36.4 Å². The highest BCUT2D eigenvalue weighted by molar-refractivity contribution is 6.19. The molecule has 0 fully saturated rings. The lowest BCUT2D eigenvalue weighted by Gasteiger charge is -2.13. The second kappa shape index (κ2) is 17.6. The summed E-state index contributed by atoms with van der Waals surface area (Å²) in [5.74, 6) is 1.78. The highest BCUT2D eigenvalue weighted by Crippen LogP contribution is 2.49. The minimum atomic E-state index is 0.582. The number of fused-ring (bicyclic) bond motifs is 6. The molecular formula is C70H42N4. The number of rotatable bonds is 8. The second-order valence-corrected chi connectivity index (χ2v) is 19.0. The predicted molar refractivity (Wildman–Crippen MR) is 305 cm³/mol. The average molecular weight is 939 g/mol. The molecule has 0 bridgehead atoms. The Morgan fingerprint density at radius 1 is 0.243 bits per heavy atom. The maximum atomic E-state index is 10.7. The van der Waals surface area contributed by atoms with E-state index in [4.69, 9.17) is 15.0 Å². The van der Waals surface area contributed by atoms with Crippen molar-refractivity contribution >= 4 is 32.3 Å².